The number of hydrogen-bond donors (Lipinski definition) is 0. The molecule has 7 aromatic heterocycles. The molecule has 1 aliphatic carbocycles. The molecular formula is C96H59N15. The molecule has 111 heavy (non-hydrogen) atoms. The van der Waals surface area contributed by atoms with Crippen molar-refractivity contribution in [1.29, 1.82) is 0 Å². The lowest BCUT2D eigenvalue weighted by Gasteiger charge is -2.20. The van der Waals surface area contributed by atoms with Gasteiger partial charge in [-0.2, -0.15) is 0 Å². The molecule has 0 radical (unpaired) electrons. The molecule has 1 aliphatic rings. The zero-order valence-electron chi connectivity index (χ0n) is 59.3. The Hall–Kier alpha value is -15.4. The number of pyridine rings is 1. The molecule has 0 atom stereocenters. The summed E-state index contributed by atoms with van der Waals surface area (Å²) in [5.41, 5.74) is 20.3. The molecule has 518 valence electrons. The summed E-state index contributed by atoms with van der Waals surface area (Å²) in [5.74, 6) is 6.64. The van der Waals surface area contributed by atoms with Crippen LogP contribution in [0.3, 0.4) is 0 Å². The van der Waals surface area contributed by atoms with E-state index in [1.807, 2.05) is 255 Å². The lowest BCUT2D eigenvalue weighted by atomic mass is 10.0. The van der Waals surface area contributed by atoms with Crippen LogP contribution in [0.15, 0.2) is 346 Å². The van der Waals surface area contributed by atoms with E-state index in [-0.39, 0.29) is 0 Å². The molecule has 0 fully saturated rings. The van der Waals surface area contributed by atoms with Crippen LogP contribution in [-0.4, -0.2) is 73.9 Å². The number of nitrogens with zero attached hydrogens (tertiary/aromatic N) is 15. The molecule has 21 rings (SSSR count). The lowest BCUT2D eigenvalue weighted by Crippen LogP contribution is -2.05. The lowest BCUT2D eigenvalue weighted by molar-refractivity contribution is 1.07. The summed E-state index contributed by atoms with van der Waals surface area (Å²) in [4.78, 5) is 68.0. The summed E-state index contributed by atoms with van der Waals surface area (Å²) in [5, 5.41) is 3.77. The predicted molar refractivity (Wildman–Crippen MR) is 440 cm³/mol. The largest absolute Gasteiger partial charge is 0.307 e. The van der Waals surface area contributed by atoms with Gasteiger partial charge in [0.25, 0.3) is 0 Å². The van der Waals surface area contributed by atoms with Crippen LogP contribution in [0.1, 0.15) is 11.1 Å². The molecule has 15 nitrogen and oxygen atoms in total. The first kappa shape index (κ1) is 64.1. The predicted octanol–water partition coefficient (Wildman–Crippen LogP) is 21.6. The Bertz CT molecular complexity index is 6020. The maximum absolute atomic E-state index is 5.38. The average Bonchev–Trinajstić information content (AvgIpc) is 1.56. The highest BCUT2D eigenvalue weighted by molar-refractivity contribution is 6.14. The summed E-state index contributed by atoms with van der Waals surface area (Å²) >= 11 is 0. The highest BCUT2D eigenvalue weighted by Gasteiger charge is 2.30. The van der Waals surface area contributed by atoms with Gasteiger partial charge in [0.2, 0.25) is 0 Å². The zero-order chi connectivity index (χ0) is 73.3. The van der Waals surface area contributed by atoms with Crippen LogP contribution in [0.25, 0.3) is 203 Å². The number of fused-ring (bicyclic) bond motifs is 7. The van der Waals surface area contributed by atoms with Crippen molar-refractivity contribution >= 4 is 43.6 Å². The molecule has 0 unspecified atom stereocenters. The van der Waals surface area contributed by atoms with Gasteiger partial charge in [0.1, 0.15) is 0 Å². The summed E-state index contributed by atoms with van der Waals surface area (Å²) in [6.45, 7) is 0. The van der Waals surface area contributed by atoms with Gasteiger partial charge in [0.15, 0.2) is 69.9 Å². The first-order valence-corrected chi connectivity index (χ1v) is 36.7. The Labute approximate surface area is 636 Å². The van der Waals surface area contributed by atoms with Gasteiger partial charge >= 0.3 is 0 Å². The average molecular weight is 1420 g/mol. The van der Waals surface area contributed by atoms with Gasteiger partial charge in [-0.25, -0.2) is 59.8 Å². The van der Waals surface area contributed by atoms with Crippen molar-refractivity contribution in [3.8, 4) is 159 Å². The van der Waals surface area contributed by atoms with E-state index in [4.69, 9.17) is 64.8 Å². The minimum atomic E-state index is 0.529. The van der Waals surface area contributed by atoms with E-state index >= 15 is 0 Å². The highest BCUT2D eigenvalue weighted by atomic mass is 15.1. The van der Waals surface area contributed by atoms with Crippen molar-refractivity contribution in [3.05, 3.63) is 357 Å². The monoisotopic (exact) mass is 1420 g/mol. The molecular weight excluding hydrogens is 1360 g/mol. The minimum absolute atomic E-state index is 0.529. The number of aromatic nitrogens is 15. The Kier molecular flexibility index (Phi) is 15.5. The molecule has 13 aromatic carbocycles. The molecule has 0 amide bonds. The SMILES string of the molecule is c1ccc(-c2nc(-c3ccccc3)nc(-c3ccc4c(c3)c3cc(-c5nc(-c6ccccc6)nc(-c6ccccc6)n5)ccc3n4-c3cncc(-n4c5ccc(-c6nc(-c7ccccc7)nc(-c7ccccc7)n6)cc5c5cc(-c6nc(-c7ccccc7)nc(-c7ccccc7)n6)ccc54)c3-c3cccc4c3C4)n2)cc1. The minimum Gasteiger partial charge on any atom is -0.307 e. The second kappa shape index (κ2) is 26.9. The molecule has 7 heterocycles. The number of rotatable bonds is 15. The quantitative estimate of drug-likeness (QED) is 0.0948. The van der Waals surface area contributed by atoms with E-state index in [0.717, 1.165) is 139 Å². The molecule has 0 N–H and O–H groups in total. The topological polar surface area (TPSA) is 177 Å². The van der Waals surface area contributed by atoms with Crippen molar-refractivity contribution in [2.75, 3.05) is 0 Å². The standard InChI is InChI=1S/C96H59N15/c1-9-26-59(27-10-1)85-98-86(60-28-11-2-12-29-60)103-93(102-85)68-44-48-78-74(53-68)75-54-69(94-104-87(61-30-13-3-14-31-61)99-88(105-94)62-32-15-4-16-33-62)45-49-79(75)110(78)82-57-97-58-83(84(82)72-43-25-42-67-52-73(67)72)111-80-50-46-70(95-106-89(63-34-17-5-18-35-63)100-90(107-95)64-36-19-6-20-37-64)55-76(80)77-56-71(47-51-81(77)111)96-108-91(65-38-21-7-22-39-65)101-92(109-96)66-40-23-8-24-41-66/h1-51,53-58H,52H2. The molecule has 0 bridgehead atoms. The second-order valence-corrected chi connectivity index (χ2v) is 27.4. The first-order valence-electron chi connectivity index (χ1n) is 36.7. The van der Waals surface area contributed by atoms with Gasteiger partial charge < -0.3 is 9.13 Å². The normalized spacial score (nSPS) is 11.7. The summed E-state index contributed by atoms with van der Waals surface area (Å²) in [6.07, 6.45) is 4.88. The Morgan fingerprint density at radius 3 is 0.640 bits per heavy atom. The van der Waals surface area contributed by atoms with Crippen molar-refractivity contribution in [3.63, 3.8) is 0 Å². The summed E-state index contributed by atoms with van der Waals surface area (Å²) < 4.78 is 4.74. The molecule has 0 saturated carbocycles. The van der Waals surface area contributed by atoms with Crippen LogP contribution in [0.5, 0.6) is 0 Å². The van der Waals surface area contributed by atoms with Gasteiger partial charge in [-0.3, -0.25) is 4.98 Å². The van der Waals surface area contributed by atoms with Gasteiger partial charge in [0, 0.05) is 93.9 Å². The summed E-state index contributed by atoms with van der Waals surface area (Å²) in [7, 11) is 0. The fraction of sp³-hybridized carbons (Fsp3) is 0.0104. The Balaban J connectivity index is 0.818. The van der Waals surface area contributed by atoms with Gasteiger partial charge in [-0.1, -0.05) is 261 Å². The van der Waals surface area contributed by atoms with Crippen molar-refractivity contribution in [1.82, 2.24) is 73.9 Å². The van der Waals surface area contributed by atoms with E-state index in [9.17, 15) is 0 Å². The maximum Gasteiger partial charge on any atom is 0.164 e. The fourth-order valence-electron chi connectivity index (χ4n) is 15.1. The third-order valence-electron chi connectivity index (χ3n) is 20.5. The van der Waals surface area contributed by atoms with E-state index < -0.39 is 0 Å². The van der Waals surface area contributed by atoms with Crippen molar-refractivity contribution in [2.24, 2.45) is 0 Å². The molecule has 0 saturated heterocycles. The number of hydrogen-bond acceptors (Lipinski definition) is 13. The van der Waals surface area contributed by atoms with Crippen molar-refractivity contribution in [2.45, 2.75) is 6.42 Å². The fourth-order valence-corrected chi connectivity index (χ4v) is 15.1. The van der Waals surface area contributed by atoms with Crippen LogP contribution < -0.4 is 0 Å². The number of benzene rings is 13. The first-order chi connectivity index (χ1) is 55.0. The third-order valence-corrected chi connectivity index (χ3v) is 20.5. The zero-order valence-corrected chi connectivity index (χ0v) is 59.3. The van der Waals surface area contributed by atoms with Gasteiger partial charge in [0.05, 0.1) is 45.8 Å². The van der Waals surface area contributed by atoms with Gasteiger partial charge in [-0.05, 0) is 95.9 Å². The third kappa shape index (κ3) is 11.8. The van der Waals surface area contributed by atoms with E-state index in [1.54, 1.807) is 0 Å². The smallest absolute Gasteiger partial charge is 0.164 e. The molecule has 20 aromatic rings. The molecule has 0 aliphatic heterocycles. The molecule has 0 spiro atoms. The second-order valence-electron chi connectivity index (χ2n) is 27.4. The maximum atomic E-state index is 5.38. The Morgan fingerprint density at radius 1 is 0.198 bits per heavy atom. The van der Waals surface area contributed by atoms with Crippen LogP contribution in [0, 0.1) is 0 Å². The van der Waals surface area contributed by atoms with E-state index in [2.05, 4.69) is 100 Å². The highest BCUT2D eigenvalue weighted by Crippen LogP contribution is 2.48. The van der Waals surface area contributed by atoms with Crippen LogP contribution in [0.2, 0.25) is 0 Å². The summed E-state index contributed by atoms with van der Waals surface area (Å²) in [6, 6.07) is 113. The molecule has 15 heteroatoms. The van der Waals surface area contributed by atoms with Gasteiger partial charge in [-0.15, -0.1) is 0 Å². The van der Waals surface area contributed by atoms with E-state index in [1.165, 1.54) is 11.1 Å². The Morgan fingerprint density at radius 2 is 0.414 bits per heavy atom. The van der Waals surface area contributed by atoms with Crippen LogP contribution in [0.4, 0.5) is 0 Å². The van der Waals surface area contributed by atoms with Crippen LogP contribution >= 0.6 is 0 Å². The van der Waals surface area contributed by atoms with Crippen molar-refractivity contribution < 1.29 is 0 Å². The van der Waals surface area contributed by atoms with Crippen LogP contribution in [-0.2, 0) is 6.42 Å². The van der Waals surface area contributed by atoms with E-state index in [0.29, 0.717) is 69.9 Å².